The number of hydrogen-bond acceptors (Lipinski definition) is 5. The first-order chi connectivity index (χ1) is 13.3. The van der Waals surface area contributed by atoms with Crippen LogP contribution in [0.2, 0.25) is 0 Å². The highest BCUT2D eigenvalue weighted by molar-refractivity contribution is 7.89. The molecule has 2 aliphatic heterocycles. The van der Waals surface area contributed by atoms with Gasteiger partial charge in [-0.25, -0.2) is 13.2 Å². The van der Waals surface area contributed by atoms with E-state index in [2.05, 4.69) is 6.92 Å². The molecule has 0 spiro atoms. The number of nitrogens with zero attached hydrogens (tertiary/aromatic N) is 2. The van der Waals surface area contributed by atoms with Gasteiger partial charge in [0.05, 0.1) is 10.5 Å². The highest BCUT2D eigenvalue weighted by Gasteiger charge is 2.29. The molecule has 2 saturated heterocycles. The lowest BCUT2D eigenvalue weighted by molar-refractivity contribution is -0.141. The molecule has 7 nitrogen and oxygen atoms in total. The third-order valence-electron chi connectivity index (χ3n) is 5.50. The van der Waals surface area contributed by atoms with E-state index in [9.17, 15) is 18.0 Å². The summed E-state index contributed by atoms with van der Waals surface area (Å²) in [6.07, 6.45) is 2.68. The zero-order valence-corrected chi connectivity index (χ0v) is 17.3. The van der Waals surface area contributed by atoms with Crippen molar-refractivity contribution in [3.8, 4) is 0 Å². The Morgan fingerprint density at radius 1 is 1.11 bits per heavy atom. The topological polar surface area (TPSA) is 84.0 Å². The monoisotopic (exact) mass is 408 g/mol. The lowest BCUT2D eigenvalue weighted by Crippen LogP contribution is -2.44. The Morgan fingerprint density at radius 2 is 1.75 bits per heavy atom. The van der Waals surface area contributed by atoms with Gasteiger partial charge in [0.15, 0.2) is 6.10 Å². The minimum atomic E-state index is -3.61. The number of amides is 1. The van der Waals surface area contributed by atoms with Crippen LogP contribution in [0.3, 0.4) is 0 Å². The molecular weight excluding hydrogens is 380 g/mol. The number of rotatable bonds is 5. The highest BCUT2D eigenvalue weighted by Crippen LogP contribution is 2.22. The molecule has 1 unspecified atom stereocenters. The molecule has 2 heterocycles. The minimum absolute atomic E-state index is 0.0767. The van der Waals surface area contributed by atoms with Gasteiger partial charge in [0.1, 0.15) is 0 Å². The molecule has 0 aliphatic carbocycles. The summed E-state index contributed by atoms with van der Waals surface area (Å²) < 4.78 is 32.1. The van der Waals surface area contributed by atoms with Crippen molar-refractivity contribution in [1.29, 1.82) is 0 Å². The predicted molar refractivity (Wildman–Crippen MR) is 104 cm³/mol. The average Bonchev–Trinajstić information content (AvgIpc) is 3.24. The van der Waals surface area contributed by atoms with Crippen LogP contribution in [0.25, 0.3) is 0 Å². The first-order valence-corrected chi connectivity index (χ1v) is 11.3. The average molecular weight is 409 g/mol. The Hall–Kier alpha value is -1.93. The summed E-state index contributed by atoms with van der Waals surface area (Å²) in [4.78, 5) is 26.8. The second-order valence-electron chi connectivity index (χ2n) is 7.69. The summed E-state index contributed by atoms with van der Waals surface area (Å²) >= 11 is 0. The van der Waals surface area contributed by atoms with Crippen molar-refractivity contribution in [3.05, 3.63) is 29.8 Å². The van der Waals surface area contributed by atoms with Crippen LogP contribution in [0.4, 0.5) is 0 Å². The fraction of sp³-hybridized carbons (Fsp3) is 0.600. The molecule has 1 atom stereocenters. The van der Waals surface area contributed by atoms with Gasteiger partial charge in [-0.05, 0) is 56.7 Å². The van der Waals surface area contributed by atoms with Gasteiger partial charge in [0, 0.05) is 26.2 Å². The van der Waals surface area contributed by atoms with Gasteiger partial charge in [-0.1, -0.05) is 13.0 Å². The summed E-state index contributed by atoms with van der Waals surface area (Å²) in [6, 6.07) is 5.84. The van der Waals surface area contributed by atoms with Gasteiger partial charge < -0.3 is 9.64 Å². The SMILES string of the molecule is CC1CCN(C(=O)C(C)OC(=O)c2cccc(S(=O)(=O)N3CCCC3)c2)CC1. The number of piperidine rings is 1. The largest absolute Gasteiger partial charge is 0.449 e. The number of benzene rings is 1. The third kappa shape index (κ3) is 4.55. The number of esters is 1. The Bertz CT molecular complexity index is 825. The molecule has 28 heavy (non-hydrogen) atoms. The molecule has 0 aromatic heterocycles. The van der Waals surface area contributed by atoms with Gasteiger partial charge in [0.2, 0.25) is 10.0 Å². The normalized spacial score (nSPS) is 20.1. The van der Waals surface area contributed by atoms with E-state index in [4.69, 9.17) is 4.74 Å². The van der Waals surface area contributed by atoms with Crippen molar-refractivity contribution in [1.82, 2.24) is 9.21 Å². The summed E-state index contributed by atoms with van der Waals surface area (Å²) in [6.45, 7) is 6.06. The number of hydrogen-bond donors (Lipinski definition) is 0. The Labute approximate surface area is 166 Å². The van der Waals surface area contributed by atoms with E-state index in [0.717, 1.165) is 25.7 Å². The molecule has 2 aliphatic rings. The summed E-state index contributed by atoms with van der Waals surface area (Å²) in [7, 11) is -3.61. The molecule has 154 valence electrons. The molecular formula is C20H28N2O5S. The smallest absolute Gasteiger partial charge is 0.338 e. The van der Waals surface area contributed by atoms with Crippen LogP contribution in [0.15, 0.2) is 29.2 Å². The van der Waals surface area contributed by atoms with E-state index in [-0.39, 0.29) is 16.4 Å². The van der Waals surface area contributed by atoms with E-state index < -0.39 is 22.1 Å². The van der Waals surface area contributed by atoms with Crippen molar-refractivity contribution >= 4 is 21.9 Å². The number of ether oxygens (including phenoxy) is 1. The van der Waals surface area contributed by atoms with Crippen LogP contribution in [0.1, 0.15) is 49.9 Å². The summed E-state index contributed by atoms with van der Waals surface area (Å²) in [5.74, 6) is -0.298. The van der Waals surface area contributed by atoms with Crippen molar-refractivity contribution in [2.75, 3.05) is 26.2 Å². The molecule has 8 heteroatoms. The van der Waals surface area contributed by atoms with E-state index in [1.54, 1.807) is 11.8 Å². The van der Waals surface area contributed by atoms with E-state index in [1.807, 2.05) is 0 Å². The zero-order chi connectivity index (χ0) is 20.3. The van der Waals surface area contributed by atoms with E-state index in [1.165, 1.54) is 28.6 Å². The predicted octanol–water partition coefficient (Wildman–Crippen LogP) is 2.27. The molecule has 0 bridgehead atoms. The quantitative estimate of drug-likeness (QED) is 0.698. The number of likely N-dealkylation sites (tertiary alicyclic amines) is 1. The van der Waals surface area contributed by atoms with Crippen molar-refractivity contribution in [3.63, 3.8) is 0 Å². The van der Waals surface area contributed by atoms with Gasteiger partial charge in [-0.3, -0.25) is 4.79 Å². The van der Waals surface area contributed by atoms with E-state index in [0.29, 0.717) is 32.1 Å². The Balaban J connectivity index is 1.66. The minimum Gasteiger partial charge on any atom is -0.449 e. The van der Waals surface area contributed by atoms with Gasteiger partial charge in [-0.2, -0.15) is 4.31 Å². The standard InChI is InChI=1S/C20H28N2O5S/c1-15-8-12-21(13-9-15)19(23)16(2)27-20(24)17-6-5-7-18(14-17)28(25,26)22-10-3-4-11-22/h5-7,14-16H,3-4,8-13H2,1-2H3. The van der Waals surface area contributed by atoms with Crippen molar-refractivity contribution in [2.24, 2.45) is 5.92 Å². The maximum absolute atomic E-state index is 12.7. The van der Waals surface area contributed by atoms with Crippen molar-refractivity contribution in [2.45, 2.75) is 50.5 Å². The molecule has 2 fully saturated rings. The number of sulfonamides is 1. The second kappa shape index (κ2) is 8.61. The third-order valence-corrected chi connectivity index (χ3v) is 7.39. The molecule has 1 aromatic rings. The van der Waals surface area contributed by atoms with Crippen LogP contribution >= 0.6 is 0 Å². The van der Waals surface area contributed by atoms with Crippen LogP contribution in [0, 0.1) is 5.92 Å². The fourth-order valence-electron chi connectivity index (χ4n) is 3.63. The molecule has 3 rings (SSSR count). The zero-order valence-electron chi connectivity index (χ0n) is 16.5. The van der Waals surface area contributed by atoms with Crippen LogP contribution in [-0.4, -0.2) is 61.8 Å². The first kappa shape index (κ1) is 20.8. The van der Waals surface area contributed by atoms with Gasteiger partial charge in [-0.15, -0.1) is 0 Å². The summed E-state index contributed by atoms with van der Waals surface area (Å²) in [5.41, 5.74) is 0.132. The maximum Gasteiger partial charge on any atom is 0.338 e. The Morgan fingerprint density at radius 3 is 2.39 bits per heavy atom. The molecule has 0 radical (unpaired) electrons. The molecule has 0 saturated carbocycles. The van der Waals surface area contributed by atoms with Crippen LogP contribution in [-0.2, 0) is 19.6 Å². The molecule has 1 amide bonds. The second-order valence-corrected chi connectivity index (χ2v) is 9.63. The van der Waals surface area contributed by atoms with Crippen molar-refractivity contribution < 1.29 is 22.7 Å². The molecule has 1 aromatic carbocycles. The van der Waals surface area contributed by atoms with Crippen LogP contribution in [0.5, 0.6) is 0 Å². The molecule has 0 N–H and O–H groups in total. The van der Waals surface area contributed by atoms with E-state index >= 15 is 0 Å². The first-order valence-electron chi connectivity index (χ1n) is 9.89. The maximum atomic E-state index is 12.7. The lowest BCUT2D eigenvalue weighted by Gasteiger charge is -2.31. The van der Waals surface area contributed by atoms with Crippen LogP contribution < -0.4 is 0 Å². The Kier molecular flexibility index (Phi) is 6.40. The highest BCUT2D eigenvalue weighted by atomic mass is 32.2. The fourth-order valence-corrected chi connectivity index (χ4v) is 5.19. The van der Waals surface area contributed by atoms with Gasteiger partial charge >= 0.3 is 5.97 Å². The lowest BCUT2D eigenvalue weighted by atomic mass is 9.99. The number of carbonyl (C=O) groups excluding carboxylic acids is 2. The number of carbonyl (C=O) groups is 2. The summed E-state index contributed by atoms with van der Waals surface area (Å²) in [5, 5.41) is 0. The van der Waals surface area contributed by atoms with Gasteiger partial charge in [0.25, 0.3) is 5.91 Å².